The molecule has 1 fully saturated rings. The van der Waals surface area contributed by atoms with Gasteiger partial charge in [-0.2, -0.15) is 0 Å². The second-order valence-electron chi connectivity index (χ2n) is 5.03. The third-order valence-corrected chi connectivity index (χ3v) is 3.67. The Balaban J connectivity index is 2.23. The van der Waals surface area contributed by atoms with Crippen LogP contribution in [0.5, 0.6) is 0 Å². The Bertz CT molecular complexity index is 357. The maximum absolute atomic E-state index is 6.30. The van der Waals surface area contributed by atoms with E-state index in [9.17, 15) is 0 Å². The van der Waals surface area contributed by atoms with Gasteiger partial charge >= 0.3 is 0 Å². The van der Waals surface area contributed by atoms with Crippen LogP contribution >= 0.6 is 0 Å². The van der Waals surface area contributed by atoms with E-state index >= 15 is 0 Å². The van der Waals surface area contributed by atoms with Crippen LogP contribution in [0.3, 0.4) is 0 Å². The van der Waals surface area contributed by atoms with E-state index in [1.165, 1.54) is 12.8 Å². The molecular formula is C14H24N2O. The van der Waals surface area contributed by atoms with Gasteiger partial charge in [-0.3, -0.25) is 4.90 Å². The highest BCUT2D eigenvalue weighted by atomic mass is 16.3. The summed E-state index contributed by atoms with van der Waals surface area (Å²) >= 11 is 0. The third-order valence-electron chi connectivity index (χ3n) is 3.67. The minimum Gasteiger partial charge on any atom is -0.465 e. The standard InChI is InChI=1S/C14H24N2O/c1-4-12(15)14(13-9-6-10(3)17-13)16(5-2)11-7-8-11/h6,9,11-12,14H,4-5,7-8,15H2,1-3H3. The fourth-order valence-corrected chi connectivity index (χ4v) is 2.54. The molecule has 0 aliphatic heterocycles. The smallest absolute Gasteiger partial charge is 0.122 e. The van der Waals surface area contributed by atoms with Crippen molar-refractivity contribution in [2.24, 2.45) is 5.73 Å². The summed E-state index contributed by atoms with van der Waals surface area (Å²) in [6, 6.07) is 5.23. The molecule has 0 amide bonds. The molecule has 2 atom stereocenters. The molecule has 2 N–H and O–H groups in total. The average Bonchev–Trinajstić information content (AvgIpc) is 3.08. The summed E-state index contributed by atoms with van der Waals surface area (Å²) in [6.07, 6.45) is 3.59. The van der Waals surface area contributed by atoms with E-state index in [2.05, 4.69) is 24.8 Å². The Kier molecular flexibility index (Phi) is 3.89. The second-order valence-corrected chi connectivity index (χ2v) is 5.03. The molecule has 0 radical (unpaired) electrons. The van der Waals surface area contributed by atoms with Crippen LogP contribution in [0.15, 0.2) is 16.5 Å². The maximum Gasteiger partial charge on any atom is 0.122 e. The number of likely N-dealkylation sites (N-methyl/N-ethyl adjacent to an activating group) is 1. The normalized spacial score (nSPS) is 19.6. The molecule has 0 aromatic carbocycles. The zero-order valence-corrected chi connectivity index (χ0v) is 11.1. The molecule has 3 nitrogen and oxygen atoms in total. The van der Waals surface area contributed by atoms with Crippen LogP contribution in [-0.2, 0) is 0 Å². The van der Waals surface area contributed by atoms with Gasteiger partial charge in [0.15, 0.2) is 0 Å². The molecule has 0 bridgehead atoms. The van der Waals surface area contributed by atoms with Crippen molar-refractivity contribution in [2.75, 3.05) is 6.54 Å². The Hall–Kier alpha value is -0.800. The summed E-state index contributed by atoms with van der Waals surface area (Å²) in [4.78, 5) is 2.51. The van der Waals surface area contributed by atoms with Crippen molar-refractivity contribution in [3.05, 3.63) is 23.7 Å². The molecule has 2 unspecified atom stereocenters. The first-order valence-corrected chi connectivity index (χ1v) is 6.75. The molecule has 2 rings (SSSR count). The van der Waals surface area contributed by atoms with E-state index in [0.29, 0.717) is 6.04 Å². The molecule has 3 heteroatoms. The topological polar surface area (TPSA) is 42.4 Å². The number of hydrogen-bond acceptors (Lipinski definition) is 3. The summed E-state index contributed by atoms with van der Waals surface area (Å²) in [5.74, 6) is 2.01. The summed E-state index contributed by atoms with van der Waals surface area (Å²) in [7, 11) is 0. The Morgan fingerprint density at radius 1 is 1.41 bits per heavy atom. The molecule has 17 heavy (non-hydrogen) atoms. The van der Waals surface area contributed by atoms with Crippen molar-refractivity contribution in [1.29, 1.82) is 0 Å². The van der Waals surface area contributed by atoms with Gasteiger partial charge in [-0.25, -0.2) is 0 Å². The SMILES string of the molecule is CCC(N)C(c1ccc(C)o1)N(CC)C1CC1. The fraction of sp³-hybridized carbons (Fsp3) is 0.714. The van der Waals surface area contributed by atoms with E-state index in [-0.39, 0.29) is 12.1 Å². The minimum atomic E-state index is 0.154. The predicted molar refractivity (Wildman–Crippen MR) is 69.9 cm³/mol. The summed E-state index contributed by atoms with van der Waals surface area (Å²) in [6.45, 7) is 7.39. The zero-order valence-electron chi connectivity index (χ0n) is 11.1. The molecule has 1 heterocycles. The molecule has 0 saturated heterocycles. The van der Waals surface area contributed by atoms with Crippen molar-refractivity contribution in [3.8, 4) is 0 Å². The van der Waals surface area contributed by atoms with E-state index in [0.717, 1.165) is 24.5 Å². The second kappa shape index (κ2) is 5.23. The number of nitrogens with zero attached hydrogens (tertiary/aromatic N) is 1. The molecule has 1 aliphatic carbocycles. The van der Waals surface area contributed by atoms with E-state index < -0.39 is 0 Å². The van der Waals surface area contributed by atoms with Gasteiger partial charge in [0, 0.05) is 12.1 Å². The highest BCUT2D eigenvalue weighted by Crippen LogP contribution is 2.36. The van der Waals surface area contributed by atoms with E-state index in [1.54, 1.807) is 0 Å². The highest BCUT2D eigenvalue weighted by Gasteiger charge is 2.37. The summed E-state index contributed by atoms with van der Waals surface area (Å²) in [5.41, 5.74) is 6.30. The summed E-state index contributed by atoms with van der Waals surface area (Å²) < 4.78 is 5.81. The van der Waals surface area contributed by atoms with Crippen LogP contribution in [-0.4, -0.2) is 23.5 Å². The lowest BCUT2D eigenvalue weighted by Gasteiger charge is -2.33. The van der Waals surface area contributed by atoms with Crippen LogP contribution in [0, 0.1) is 6.92 Å². The lowest BCUT2D eigenvalue weighted by molar-refractivity contribution is 0.145. The van der Waals surface area contributed by atoms with Crippen LogP contribution in [0.4, 0.5) is 0 Å². The number of furan rings is 1. The molecule has 96 valence electrons. The third kappa shape index (κ3) is 2.72. The van der Waals surface area contributed by atoms with E-state index in [1.807, 2.05) is 13.0 Å². The molecule has 1 aliphatic rings. The minimum absolute atomic E-state index is 0.154. The van der Waals surface area contributed by atoms with Gasteiger partial charge in [0.2, 0.25) is 0 Å². The van der Waals surface area contributed by atoms with Crippen molar-refractivity contribution in [1.82, 2.24) is 4.90 Å². The van der Waals surface area contributed by atoms with Crippen LogP contribution in [0.1, 0.15) is 50.7 Å². The number of hydrogen-bond donors (Lipinski definition) is 1. The van der Waals surface area contributed by atoms with Crippen molar-refractivity contribution < 1.29 is 4.42 Å². The van der Waals surface area contributed by atoms with E-state index in [4.69, 9.17) is 10.2 Å². The first-order chi connectivity index (χ1) is 8.17. The number of rotatable bonds is 6. The van der Waals surface area contributed by atoms with Crippen molar-refractivity contribution in [3.63, 3.8) is 0 Å². The quantitative estimate of drug-likeness (QED) is 0.826. The zero-order chi connectivity index (χ0) is 12.4. The molecule has 1 aromatic rings. The Morgan fingerprint density at radius 2 is 2.12 bits per heavy atom. The molecular weight excluding hydrogens is 212 g/mol. The number of aryl methyl sites for hydroxylation is 1. The van der Waals surface area contributed by atoms with Crippen LogP contribution < -0.4 is 5.73 Å². The molecule has 1 aromatic heterocycles. The van der Waals surface area contributed by atoms with Gasteiger partial charge in [-0.1, -0.05) is 13.8 Å². The van der Waals surface area contributed by atoms with Gasteiger partial charge in [-0.15, -0.1) is 0 Å². The molecule has 1 saturated carbocycles. The Morgan fingerprint density at radius 3 is 2.53 bits per heavy atom. The lowest BCUT2D eigenvalue weighted by Crippen LogP contribution is -2.41. The molecule has 0 spiro atoms. The average molecular weight is 236 g/mol. The van der Waals surface area contributed by atoms with Gasteiger partial charge in [0.1, 0.15) is 11.5 Å². The van der Waals surface area contributed by atoms with Crippen molar-refractivity contribution in [2.45, 2.75) is 58.2 Å². The highest BCUT2D eigenvalue weighted by molar-refractivity contribution is 5.13. The van der Waals surface area contributed by atoms with Crippen molar-refractivity contribution >= 4 is 0 Å². The van der Waals surface area contributed by atoms with Crippen LogP contribution in [0.25, 0.3) is 0 Å². The fourth-order valence-electron chi connectivity index (χ4n) is 2.54. The first kappa shape index (κ1) is 12.7. The largest absolute Gasteiger partial charge is 0.465 e. The first-order valence-electron chi connectivity index (χ1n) is 6.75. The summed E-state index contributed by atoms with van der Waals surface area (Å²) in [5, 5.41) is 0. The van der Waals surface area contributed by atoms with Crippen LogP contribution in [0.2, 0.25) is 0 Å². The lowest BCUT2D eigenvalue weighted by atomic mass is 10.0. The van der Waals surface area contributed by atoms with Gasteiger partial charge in [0.05, 0.1) is 6.04 Å². The Labute approximate surface area is 104 Å². The van der Waals surface area contributed by atoms with Gasteiger partial charge in [-0.05, 0) is 44.9 Å². The van der Waals surface area contributed by atoms with Gasteiger partial charge in [0.25, 0.3) is 0 Å². The monoisotopic (exact) mass is 236 g/mol. The predicted octanol–water partition coefficient (Wildman–Crippen LogP) is 2.85. The maximum atomic E-state index is 6.30. The number of nitrogens with two attached hydrogens (primary N) is 1. The van der Waals surface area contributed by atoms with Gasteiger partial charge < -0.3 is 10.2 Å².